The molecule has 3 aromatic heterocycles. The lowest BCUT2D eigenvalue weighted by Crippen LogP contribution is -2.59. The van der Waals surface area contributed by atoms with Crippen molar-refractivity contribution in [3.63, 3.8) is 0 Å². The second-order valence-corrected chi connectivity index (χ2v) is 12.2. The zero-order valence-electron chi connectivity index (χ0n) is 22.4. The van der Waals surface area contributed by atoms with Crippen LogP contribution >= 0.6 is 46.3 Å². The number of ether oxygens (including phenoxy) is 4. The second-order valence-electron chi connectivity index (χ2n) is 9.39. The van der Waals surface area contributed by atoms with Crippen LogP contribution < -0.4 is 5.32 Å². The molecule has 4 aromatic rings. The van der Waals surface area contributed by atoms with Crippen LogP contribution in [0.4, 0.5) is 0 Å². The predicted octanol–water partition coefficient (Wildman–Crippen LogP) is 5.04. The van der Waals surface area contributed by atoms with Crippen molar-refractivity contribution in [2.75, 3.05) is 20.3 Å². The summed E-state index contributed by atoms with van der Waals surface area (Å²) in [6.45, 7) is 2.55. The van der Waals surface area contributed by atoms with Gasteiger partial charge in [0.15, 0.2) is 6.29 Å². The number of hydrogen-bond acceptors (Lipinski definition) is 11. The maximum atomic E-state index is 12.6. The van der Waals surface area contributed by atoms with E-state index in [-0.39, 0.29) is 18.2 Å². The monoisotopic (exact) mass is 648 g/mol. The van der Waals surface area contributed by atoms with Crippen LogP contribution in [0.25, 0.3) is 10.7 Å². The fourth-order valence-electron chi connectivity index (χ4n) is 4.93. The van der Waals surface area contributed by atoms with Gasteiger partial charge < -0.3 is 24.3 Å². The Bertz CT molecular complexity index is 1540. The molecule has 0 aliphatic carbocycles. The number of fused-ring (bicyclic) bond motifs is 1. The molecular weight excluding hydrogens is 623 g/mol. The predicted molar refractivity (Wildman–Crippen MR) is 158 cm³/mol. The summed E-state index contributed by atoms with van der Waals surface area (Å²) in [6.07, 6.45) is 1.06. The van der Waals surface area contributed by atoms with Crippen molar-refractivity contribution in [1.29, 1.82) is 0 Å². The first kappa shape index (κ1) is 29.5. The van der Waals surface area contributed by atoms with Crippen LogP contribution in [0.15, 0.2) is 59.1 Å². The molecule has 2 saturated heterocycles. The van der Waals surface area contributed by atoms with Crippen molar-refractivity contribution in [2.24, 2.45) is 0 Å². The number of rotatable bonds is 8. The van der Waals surface area contributed by atoms with Gasteiger partial charge in [-0.25, -0.2) is 14.6 Å². The molecule has 0 bridgehead atoms. The van der Waals surface area contributed by atoms with Gasteiger partial charge in [0.1, 0.15) is 51.3 Å². The Morgan fingerprint density at radius 1 is 1.26 bits per heavy atom. The van der Waals surface area contributed by atoms with Gasteiger partial charge in [-0.3, -0.25) is 4.79 Å². The van der Waals surface area contributed by atoms with E-state index in [1.165, 1.54) is 29.3 Å². The van der Waals surface area contributed by atoms with Crippen LogP contribution in [0.3, 0.4) is 0 Å². The molecule has 5 heterocycles. The third kappa shape index (κ3) is 6.06. The summed E-state index contributed by atoms with van der Waals surface area (Å²) in [5.41, 5.74) is 1.08. The van der Waals surface area contributed by atoms with Crippen molar-refractivity contribution in [3.05, 3.63) is 75.6 Å². The van der Waals surface area contributed by atoms with Crippen LogP contribution in [0, 0.1) is 0 Å². The van der Waals surface area contributed by atoms with E-state index in [2.05, 4.69) is 25.6 Å². The third-order valence-corrected chi connectivity index (χ3v) is 9.33. The average molecular weight is 650 g/mol. The molecule has 0 radical (unpaired) electrons. The van der Waals surface area contributed by atoms with Crippen molar-refractivity contribution >= 4 is 52.2 Å². The summed E-state index contributed by atoms with van der Waals surface area (Å²) in [5, 5.41) is 14.7. The van der Waals surface area contributed by atoms with Crippen molar-refractivity contribution < 1.29 is 23.7 Å². The summed E-state index contributed by atoms with van der Waals surface area (Å²) < 4.78 is 27.4. The van der Waals surface area contributed by atoms with Crippen molar-refractivity contribution in [2.45, 2.75) is 47.9 Å². The Morgan fingerprint density at radius 2 is 2.10 bits per heavy atom. The molecule has 0 saturated carbocycles. The summed E-state index contributed by atoms with van der Waals surface area (Å²) in [6, 6.07) is 10.9. The smallest absolute Gasteiger partial charge is 0.270 e. The van der Waals surface area contributed by atoms with E-state index in [4.69, 9.17) is 42.1 Å². The first-order valence-electron chi connectivity index (χ1n) is 13.1. The van der Waals surface area contributed by atoms with E-state index in [0.29, 0.717) is 32.4 Å². The average Bonchev–Trinajstić information content (AvgIpc) is 3.67. The number of halogens is 2. The number of aromatic nitrogens is 5. The first-order chi connectivity index (χ1) is 20.4. The topological polar surface area (TPSA) is 123 Å². The number of carbonyl (C=O) groups excluding carboxylic acids is 1. The number of hydrogen-bond donors (Lipinski definition) is 1. The molecule has 0 spiro atoms. The molecule has 6 atom stereocenters. The van der Waals surface area contributed by atoms with Gasteiger partial charge in [-0.2, -0.15) is 0 Å². The SMILES string of the molecule is CCOC1C(Sc2cc(Cl)cnc2C(=O)NC)OC2COC(c3ccccc3)OC2C1n1cc(-c2nc(Cl)cs2)nn1. The van der Waals surface area contributed by atoms with Gasteiger partial charge in [-0.1, -0.05) is 70.5 Å². The van der Waals surface area contributed by atoms with E-state index in [0.717, 1.165) is 5.56 Å². The van der Waals surface area contributed by atoms with Crippen LogP contribution in [0.2, 0.25) is 10.2 Å². The summed E-state index contributed by atoms with van der Waals surface area (Å²) >= 11 is 15.0. The van der Waals surface area contributed by atoms with Crippen molar-refractivity contribution in [1.82, 2.24) is 30.3 Å². The molecule has 6 unspecified atom stereocenters. The fourth-order valence-corrected chi connectivity index (χ4v) is 7.32. The number of thioether (sulfide) groups is 1. The number of thiazole rings is 1. The molecule has 2 aliphatic heterocycles. The Labute approximate surface area is 259 Å². The van der Waals surface area contributed by atoms with E-state index >= 15 is 0 Å². The van der Waals surface area contributed by atoms with E-state index in [1.807, 2.05) is 43.5 Å². The van der Waals surface area contributed by atoms with Gasteiger partial charge in [-0.15, -0.1) is 16.4 Å². The highest BCUT2D eigenvalue weighted by Crippen LogP contribution is 2.45. The van der Waals surface area contributed by atoms with Gasteiger partial charge >= 0.3 is 0 Å². The lowest BCUT2D eigenvalue weighted by atomic mass is 9.95. The Hall–Kier alpha value is -2.62. The number of nitrogens with one attached hydrogen (secondary N) is 1. The van der Waals surface area contributed by atoms with Gasteiger partial charge in [0.2, 0.25) is 0 Å². The minimum Gasteiger partial charge on any atom is -0.373 e. The summed E-state index contributed by atoms with van der Waals surface area (Å²) in [5.74, 6) is -0.342. The Balaban J connectivity index is 1.39. The number of amides is 1. The maximum absolute atomic E-state index is 12.6. The minimum atomic E-state index is -0.609. The molecule has 42 heavy (non-hydrogen) atoms. The van der Waals surface area contributed by atoms with Gasteiger partial charge in [0, 0.05) is 35.7 Å². The number of pyridine rings is 1. The minimum absolute atomic E-state index is 0.230. The standard InChI is InChI=1S/C27H26Cl2N6O5S2/c1-3-37-23-21(35-11-16(33-34-35)25-32-19(29)13-41-25)22-17(12-38-26(40-22)14-7-5-4-6-8-14)39-27(23)42-18-9-15(28)10-31-20(18)24(36)30-2/h4-11,13,17,21-23,26-27H,3,12H2,1-2H3,(H,30,36). The zero-order chi connectivity index (χ0) is 29.2. The first-order valence-corrected chi connectivity index (χ1v) is 15.6. The van der Waals surface area contributed by atoms with Crippen LogP contribution in [0.5, 0.6) is 0 Å². The van der Waals surface area contributed by atoms with Gasteiger partial charge in [-0.05, 0) is 13.0 Å². The van der Waals surface area contributed by atoms with Crippen LogP contribution in [-0.2, 0) is 18.9 Å². The van der Waals surface area contributed by atoms with E-state index in [1.54, 1.807) is 23.2 Å². The molecule has 220 valence electrons. The normalized spacial score (nSPS) is 25.6. The maximum Gasteiger partial charge on any atom is 0.270 e. The quantitative estimate of drug-likeness (QED) is 0.278. The summed E-state index contributed by atoms with van der Waals surface area (Å²) in [7, 11) is 1.55. The number of nitrogens with zero attached hydrogens (tertiary/aromatic N) is 5. The molecule has 11 nitrogen and oxygen atoms in total. The highest BCUT2D eigenvalue weighted by atomic mass is 35.5. The number of benzene rings is 1. The second kappa shape index (κ2) is 12.9. The Morgan fingerprint density at radius 3 is 2.83 bits per heavy atom. The van der Waals surface area contributed by atoms with Crippen LogP contribution in [-0.4, -0.2) is 74.9 Å². The summed E-state index contributed by atoms with van der Waals surface area (Å²) in [4.78, 5) is 21.8. The third-order valence-electron chi connectivity index (χ3n) is 6.76. The lowest BCUT2D eigenvalue weighted by Gasteiger charge is -2.49. The molecule has 15 heteroatoms. The van der Waals surface area contributed by atoms with Crippen LogP contribution in [0.1, 0.15) is 35.3 Å². The highest BCUT2D eigenvalue weighted by Gasteiger charge is 2.52. The van der Waals surface area contributed by atoms with Gasteiger partial charge in [0.05, 0.1) is 17.8 Å². The molecule has 2 fully saturated rings. The highest BCUT2D eigenvalue weighted by molar-refractivity contribution is 8.00. The number of carbonyl (C=O) groups is 1. The Kier molecular flexibility index (Phi) is 9.07. The largest absolute Gasteiger partial charge is 0.373 e. The molecule has 2 aliphatic rings. The zero-order valence-corrected chi connectivity index (χ0v) is 25.6. The van der Waals surface area contributed by atoms with E-state index < -0.39 is 36.1 Å². The lowest BCUT2D eigenvalue weighted by molar-refractivity contribution is -0.309. The molecule has 1 N–H and O–H groups in total. The van der Waals surface area contributed by atoms with E-state index in [9.17, 15) is 4.79 Å². The molecular formula is C27H26Cl2N6O5S2. The molecule has 1 amide bonds. The van der Waals surface area contributed by atoms with Gasteiger partial charge in [0.25, 0.3) is 5.91 Å². The fraction of sp³-hybridized carbons (Fsp3) is 0.370. The molecule has 6 rings (SSSR count). The molecule has 1 aromatic carbocycles. The van der Waals surface area contributed by atoms with Crippen molar-refractivity contribution in [3.8, 4) is 10.7 Å².